The van der Waals surface area contributed by atoms with Crippen molar-refractivity contribution in [3.63, 3.8) is 0 Å². The summed E-state index contributed by atoms with van der Waals surface area (Å²) in [4.78, 5) is 2.59. The van der Waals surface area contributed by atoms with Gasteiger partial charge in [0.15, 0.2) is 0 Å². The molecule has 1 aromatic rings. The van der Waals surface area contributed by atoms with Crippen LogP contribution in [0, 0.1) is 11.8 Å². The zero-order chi connectivity index (χ0) is 12.4. The monoisotopic (exact) mass is 232 g/mol. The highest BCUT2D eigenvalue weighted by Crippen LogP contribution is 2.29. The first-order chi connectivity index (χ1) is 8.08. The number of hydrogen-bond acceptors (Lipinski definition) is 2. The summed E-state index contributed by atoms with van der Waals surface area (Å²) in [5.74, 6) is 1.67. The van der Waals surface area contributed by atoms with Crippen LogP contribution in [0.4, 0.5) is 5.69 Å². The molecule has 0 spiro atoms. The Morgan fingerprint density at radius 1 is 1.18 bits per heavy atom. The summed E-state index contributed by atoms with van der Waals surface area (Å²) < 4.78 is 0. The molecule has 0 bridgehead atoms. The van der Waals surface area contributed by atoms with E-state index in [4.69, 9.17) is 5.73 Å². The van der Waals surface area contributed by atoms with E-state index >= 15 is 0 Å². The molecule has 0 aliphatic carbocycles. The zero-order valence-electron chi connectivity index (χ0n) is 11.2. The minimum atomic E-state index is 0.505. The number of likely N-dealkylation sites (tertiary alicyclic amines) is 1. The number of piperidine rings is 1. The molecular formula is C15H24N2. The number of rotatable bonds is 2. The van der Waals surface area contributed by atoms with Gasteiger partial charge in [-0.15, -0.1) is 0 Å². The molecule has 94 valence electrons. The van der Waals surface area contributed by atoms with Gasteiger partial charge in [-0.25, -0.2) is 0 Å². The third-order valence-electron chi connectivity index (χ3n) is 4.33. The molecule has 0 amide bonds. The average Bonchev–Trinajstić information content (AvgIpc) is 2.33. The molecule has 3 atom stereocenters. The van der Waals surface area contributed by atoms with Crippen molar-refractivity contribution in [3.8, 4) is 0 Å². The third-order valence-corrected chi connectivity index (χ3v) is 4.33. The minimum absolute atomic E-state index is 0.505. The third kappa shape index (κ3) is 2.81. The van der Waals surface area contributed by atoms with Crippen molar-refractivity contribution >= 4 is 5.69 Å². The maximum atomic E-state index is 5.73. The molecule has 1 fully saturated rings. The van der Waals surface area contributed by atoms with Crippen LogP contribution in [0.1, 0.15) is 38.8 Å². The lowest BCUT2D eigenvalue weighted by atomic mass is 9.87. The molecule has 2 N–H and O–H groups in total. The topological polar surface area (TPSA) is 29.3 Å². The van der Waals surface area contributed by atoms with Crippen LogP contribution < -0.4 is 5.73 Å². The van der Waals surface area contributed by atoms with Gasteiger partial charge in [-0.2, -0.15) is 0 Å². The molecule has 2 rings (SSSR count). The van der Waals surface area contributed by atoms with Gasteiger partial charge in [-0.1, -0.05) is 26.0 Å². The van der Waals surface area contributed by atoms with E-state index in [-0.39, 0.29) is 0 Å². The Morgan fingerprint density at radius 3 is 2.41 bits per heavy atom. The van der Waals surface area contributed by atoms with E-state index in [0.29, 0.717) is 6.04 Å². The van der Waals surface area contributed by atoms with E-state index in [1.54, 1.807) is 0 Å². The van der Waals surface area contributed by atoms with Crippen LogP contribution in [-0.2, 0) is 0 Å². The maximum Gasteiger partial charge on any atom is 0.0320 e. The number of nitrogens with two attached hydrogens (primary N) is 1. The van der Waals surface area contributed by atoms with Crippen LogP contribution in [0.25, 0.3) is 0 Å². The number of hydrogen-bond donors (Lipinski definition) is 1. The van der Waals surface area contributed by atoms with Crippen molar-refractivity contribution < 1.29 is 0 Å². The van der Waals surface area contributed by atoms with Gasteiger partial charge >= 0.3 is 0 Å². The Labute approximate surface area is 105 Å². The predicted molar refractivity (Wildman–Crippen MR) is 73.8 cm³/mol. The van der Waals surface area contributed by atoms with Gasteiger partial charge in [-0.05, 0) is 49.4 Å². The summed E-state index contributed by atoms with van der Waals surface area (Å²) in [6.07, 6.45) is 1.32. The normalized spacial score (nSPS) is 27.9. The minimum Gasteiger partial charge on any atom is -0.399 e. The van der Waals surface area contributed by atoms with Crippen LogP contribution in [0.5, 0.6) is 0 Å². The van der Waals surface area contributed by atoms with Crippen molar-refractivity contribution in [3.05, 3.63) is 29.8 Å². The Hall–Kier alpha value is -1.02. The fraction of sp³-hybridized carbons (Fsp3) is 0.600. The maximum absolute atomic E-state index is 5.73. The van der Waals surface area contributed by atoms with Gasteiger partial charge in [0.05, 0.1) is 0 Å². The fourth-order valence-electron chi connectivity index (χ4n) is 2.63. The van der Waals surface area contributed by atoms with Gasteiger partial charge in [0.25, 0.3) is 0 Å². The molecule has 3 unspecified atom stereocenters. The van der Waals surface area contributed by atoms with E-state index in [1.807, 2.05) is 12.1 Å². The molecule has 1 heterocycles. The van der Waals surface area contributed by atoms with Gasteiger partial charge in [0.1, 0.15) is 0 Å². The Morgan fingerprint density at radius 2 is 1.82 bits per heavy atom. The van der Waals surface area contributed by atoms with Crippen molar-refractivity contribution in [2.75, 3.05) is 18.8 Å². The lowest BCUT2D eigenvalue weighted by molar-refractivity contribution is 0.103. The van der Waals surface area contributed by atoms with Gasteiger partial charge < -0.3 is 5.73 Å². The van der Waals surface area contributed by atoms with Gasteiger partial charge in [0.2, 0.25) is 0 Å². The fourth-order valence-corrected chi connectivity index (χ4v) is 2.63. The summed E-state index contributed by atoms with van der Waals surface area (Å²) in [5, 5.41) is 0. The number of benzene rings is 1. The summed E-state index contributed by atoms with van der Waals surface area (Å²) >= 11 is 0. The largest absolute Gasteiger partial charge is 0.399 e. The first-order valence-electron chi connectivity index (χ1n) is 6.67. The van der Waals surface area contributed by atoms with Crippen LogP contribution >= 0.6 is 0 Å². The van der Waals surface area contributed by atoms with E-state index in [1.165, 1.54) is 25.1 Å². The standard InChI is InChI=1S/C15H24N2/c1-11-8-9-17(10-12(11)2)13(3)14-4-6-15(16)7-5-14/h4-7,11-13H,8-10,16H2,1-3H3. The van der Waals surface area contributed by atoms with Crippen LogP contribution in [-0.4, -0.2) is 18.0 Å². The number of nitrogen functional groups attached to an aromatic ring is 1. The van der Waals surface area contributed by atoms with E-state index in [2.05, 4.69) is 37.8 Å². The van der Waals surface area contributed by atoms with Crippen molar-refractivity contribution in [1.29, 1.82) is 0 Å². The molecule has 17 heavy (non-hydrogen) atoms. The smallest absolute Gasteiger partial charge is 0.0320 e. The van der Waals surface area contributed by atoms with Gasteiger partial charge in [-0.3, -0.25) is 4.90 Å². The van der Waals surface area contributed by atoms with Crippen LogP contribution in [0.2, 0.25) is 0 Å². The van der Waals surface area contributed by atoms with Gasteiger partial charge in [0, 0.05) is 18.3 Å². The molecule has 0 aromatic heterocycles. The molecule has 1 aliphatic heterocycles. The predicted octanol–water partition coefficient (Wildman–Crippen LogP) is 3.31. The van der Waals surface area contributed by atoms with E-state index in [0.717, 1.165) is 17.5 Å². The molecular weight excluding hydrogens is 208 g/mol. The van der Waals surface area contributed by atoms with Crippen molar-refractivity contribution in [2.24, 2.45) is 11.8 Å². The highest BCUT2D eigenvalue weighted by molar-refractivity contribution is 5.40. The number of nitrogens with zero attached hydrogens (tertiary/aromatic N) is 1. The quantitative estimate of drug-likeness (QED) is 0.793. The first-order valence-corrected chi connectivity index (χ1v) is 6.67. The van der Waals surface area contributed by atoms with Crippen molar-refractivity contribution in [2.45, 2.75) is 33.2 Å². The number of anilines is 1. The van der Waals surface area contributed by atoms with E-state index < -0.39 is 0 Å². The van der Waals surface area contributed by atoms with Crippen molar-refractivity contribution in [1.82, 2.24) is 4.90 Å². The highest BCUT2D eigenvalue weighted by atomic mass is 15.2. The van der Waals surface area contributed by atoms with Crippen LogP contribution in [0.3, 0.4) is 0 Å². The molecule has 2 nitrogen and oxygen atoms in total. The van der Waals surface area contributed by atoms with E-state index in [9.17, 15) is 0 Å². The summed E-state index contributed by atoms with van der Waals surface area (Å²) in [7, 11) is 0. The lowest BCUT2D eigenvalue weighted by Gasteiger charge is -2.39. The second-order valence-electron chi connectivity index (χ2n) is 5.58. The Kier molecular flexibility index (Phi) is 3.72. The lowest BCUT2D eigenvalue weighted by Crippen LogP contribution is -2.39. The molecule has 0 radical (unpaired) electrons. The molecule has 1 aromatic carbocycles. The molecule has 1 aliphatic rings. The Balaban J connectivity index is 2.05. The molecule has 1 saturated heterocycles. The summed E-state index contributed by atoms with van der Waals surface area (Å²) in [6.45, 7) is 9.47. The second-order valence-corrected chi connectivity index (χ2v) is 5.58. The van der Waals surface area contributed by atoms with Crippen LogP contribution in [0.15, 0.2) is 24.3 Å². The highest BCUT2D eigenvalue weighted by Gasteiger charge is 2.26. The molecule has 0 saturated carbocycles. The second kappa shape index (κ2) is 5.09. The summed E-state index contributed by atoms with van der Waals surface area (Å²) in [5.41, 5.74) is 7.96. The molecule has 2 heteroatoms. The zero-order valence-corrected chi connectivity index (χ0v) is 11.2. The first kappa shape index (κ1) is 12.4. The average molecular weight is 232 g/mol. The Bertz CT molecular complexity index is 358. The SMILES string of the molecule is CC1CCN(C(C)c2ccc(N)cc2)CC1C. The summed E-state index contributed by atoms with van der Waals surface area (Å²) in [6, 6.07) is 8.82.